The van der Waals surface area contributed by atoms with E-state index in [4.69, 9.17) is 5.73 Å². The van der Waals surface area contributed by atoms with Crippen molar-refractivity contribution < 1.29 is 4.79 Å². The Morgan fingerprint density at radius 3 is 2.75 bits per heavy atom. The number of amides is 1. The summed E-state index contributed by atoms with van der Waals surface area (Å²) >= 11 is 0. The molecule has 1 amide bonds. The summed E-state index contributed by atoms with van der Waals surface area (Å²) in [5.74, 6) is 0.974. The molecule has 0 aliphatic heterocycles. The zero-order valence-electron chi connectivity index (χ0n) is 10.9. The van der Waals surface area contributed by atoms with Gasteiger partial charge in [0.25, 0.3) is 0 Å². The molecular weight excluding hydrogens is 200 g/mol. The summed E-state index contributed by atoms with van der Waals surface area (Å²) < 4.78 is 0. The van der Waals surface area contributed by atoms with Gasteiger partial charge in [-0.15, -0.1) is 0 Å². The second kappa shape index (κ2) is 6.24. The number of nitrogens with zero attached hydrogens (tertiary/aromatic N) is 1. The lowest BCUT2D eigenvalue weighted by Gasteiger charge is -2.34. The van der Waals surface area contributed by atoms with Gasteiger partial charge in [0.2, 0.25) is 5.91 Å². The van der Waals surface area contributed by atoms with E-state index in [1.807, 2.05) is 18.9 Å². The summed E-state index contributed by atoms with van der Waals surface area (Å²) in [4.78, 5) is 13.9. The van der Waals surface area contributed by atoms with Gasteiger partial charge < -0.3 is 10.6 Å². The Morgan fingerprint density at radius 2 is 2.19 bits per heavy atom. The smallest absolute Gasteiger partial charge is 0.224 e. The molecule has 0 spiro atoms. The zero-order chi connectivity index (χ0) is 12.1. The van der Waals surface area contributed by atoms with Crippen LogP contribution < -0.4 is 5.73 Å². The molecule has 3 nitrogen and oxygen atoms in total. The first-order chi connectivity index (χ1) is 7.54. The summed E-state index contributed by atoms with van der Waals surface area (Å²) in [7, 11) is 1.94. The average molecular weight is 226 g/mol. The molecule has 1 aliphatic rings. The molecule has 94 valence electrons. The van der Waals surface area contributed by atoms with E-state index in [2.05, 4.69) is 6.92 Å². The lowest BCUT2D eigenvalue weighted by Crippen LogP contribution is -2.42. The number of carbonyl (C=O) groups excluding carboxylic acids is 1. The van der Waals surface area contributed by atoms with Crippen molar-refractivity contribution in [2.75, 3.05) is 7.05 Å². The molecule has 0 bridgehead atoms. The third-order valence-electron chi connectivity index (χ3n) is 3.81. The van der Waals surface area contributed by atoms with Gasteiger partial charge in [0.1, 0.15) is 0 Å². The van der Waals surface area contributed by atoms with Gasteiger partial charge in [0.15, 0.2) is 0 Å². The summed E-state index contributed by atoms with van der Waals surface area (Å²) in [5, 5.41) is 0. The number of hydrogen-bond donors (Lipinski definition) is 1. The molecule has 2 N–H and O–H groups in total. The lowest BCUT2D eigenvalue weighted by molar-refractivity contribution is -0.133. The van der Waals surface area contributed by atoms with Crippen molar-refractivity contribution in [3.63, 3.8) is 0 Å². The first-order valence-electron chi connectivity index (χ1n) is 6.55. The predicted molar refractivity (Wildman–Crippen MR) is 67.1 cm³/mol. The molecule has 0 aromatic rings. The minimum atomic E-state index is 0.0240. The summed E-state index contributed by atoms with van der Waals surface area (Å²) in [6.07, 6.45) is 6.26. The molecule has 16 heavy (non-hydrogen) atoms. The minimum Gasteiger partial charge on any atom is -0.343 e. The van der Waals surface area contributed by atoms with Gasteiger partial charge >= 0.3 is 0 Å². The van der Waals surface area contributed by atoms with Crippen molar-refractivity contribution in [1.29, 1.82) is 0 Å². The van der Waals surface area contributed by atoms with Crippen LogP contribution in [-0.2, 0) is 4.79 Å². The first kappa shape index (κ1) is 13.5. The molecular formula is C13H26N2O. The van der Waals surface area contributed by atoms with Gasteiger partial charge in [0, 0.05) is 25.6 Å². The Kier molecular flexibility index (Phi) is 5.26. The minimum absolute atomic E-state index is 0.0240. The molecule has 0 radical (unpaired) electrons. The van der Waals surface area contributed by atoms with Gasteiger partial charge in [-0.2, -0.15) is 0 Å². The van der Waals surface area contributed by atoms with Crippen LogP contribution in [0.4, 0.5) is 0 Å². The van der Waals surface area contributed by atoms with Gasteiger partial charge in [-0.1, -0.05) is 26.7 Å². The Hall–Kier alpha value is -0.570. The van der Waals surface area contributed by atoms with Crippen LogP contribution in [0.2, 0.25) is 0 Å². The molecule has 3 unspecified atom stereocenters. The van der Waals surface area contributed by atoms with Gasteiger partial charge in [-0.25, -0.2) is 0 Å². The van der Waals surface area contributed by atoms with Crippen molar-refractivity contribution in [2.24, 2.45) is 11.7 Å². The molecule has 1 rings (SSSR count). The lowest BCUT2D eigenvalue weighted by atomic mass is 9.86. The van der Waals surface area contributed by atoms with E-state index in [0.717, 1.165) is 25.2 Å². The summed E-state index contributed by atoms with van der Waals surface area (Å²) in [6, 6.07) is 0.469. The highest BCUT2D eigenvalue weighted by Crippen LogP contribution is 2.26. The average Bonchev–Trinajstić information content (AvgIpc) is 2.27. The second-order valence-corrected chi connectivity index (χ2v) is 5.30. The molecule has 1 aliphatic carbocycles. The fourth-order valence-corrected chi connectivity index (χ4v) is 2.47. The Labute approximate surface area is 99.4 Å². The van der Waals surface area contributed by atoms with Crippen LogP contribution in [0.25, 0.3) is 0 Å². The molecule has 3 heteroatoms. The highest BCUT2D eigenvalue weighted by Gasteiger charge is 2.25. The molecule has 0 heterocycles. The quantitative estimate of drug-likeness (QED) is 0.798. The fraction of sp³-hybridized carbons (Fsp3) is 0.923. The number of hydrogen-bond acceptors (Lipinski definition) is 2. The molecule has 0 aromatic heterocycles. The topological polar surface area (TPSA) is 46.3 Å². The Balaban J connectivity index is 2.43. The molecule has 0 saturated heterocycles. The maximum Gasteiger partial charge on any atom is 0.224 e. The zero-order valence-corrected chi connectivity index (χ0v) is 10.9. The summed E-state index contributed by atoms with van der Waals surface area (Å²) in [6.45, 7) is 4.31. The Bertz CT molecular complexity index is 230. The van der Waals surface area contributed by atoms with Crippen LogP contribution in [0.1, 0.15) is 52.4 Å². The number of rotatable bonds is 4. The van der Waals surface area contributed by atoms with E-state index in [-0.39, 0.29) is 11.9 Å². The monoisotopic (exact) mass is 226 g/mol. The van der Waals surface area contributed by atoms with Crippen LogP contribution >= 0.6 is 0 Å². The van der Waals surface area contributed by atoms with Gasteiger partial charge in [-0.05, 0) is 25.2 Å². The van der Waals surface area contributed by atoms with Crippen molar-refractivity contribution in [1.82, 2.24) is 4.90 Å². The SMILES string of the molecule is CCC(N)CC(=O)N(C)C1CCCC(C)C1. The maximum absolute atomic E-state index is 12.0. The number of carbonyl (C=O) groups is 1. The van der Waals surface area contributed by atoms with Crippen LogP contribution in [0.3, 0.4) is 0 Å². The van der Waals surface area contributed by atoms with Gasteiger partial charge in [-0.3, -0.25) is 4.79 Å². The molecule has 3 atom stereocenters. The van der Waals surface area contributed by atoms with Crippen LogP contribution in [-0.4, -0.2) is 29.9 Å². The maximum atomic E-state index is 12.0. The van der Waals surface area contributed by atoms with Crippen LogP contribution in [0, 0.1) is 5.92 Å². The largest absolute Gasteiger partial charge is 0.343 e. The van der Waals surface area contributed by atoms with E-state index >= 15 is 0 Å². The molecule has 0 aromatic carbocycles. The Morgan fingerprint density at radius 1 is 1.50 bits per heavy atom. The van der Waals surface area contributed by atoms with E-state index in [1.54, 1.807) is 0 Å². The van der Waals surface area contributed by atoms with E-state index in [9.17, 15) is 4.79 Å². The number of nitrogens with two attached hydrogens (primary N) is 1. The van der Waals surface area contributed by atoms with Crippen molar-refractivity contribution in [3.8, 4) is 0 Å². The van der Waals surface area contributed by atoms with Crippen molar-refractivity contribution >= 4 is 5.91 Å². The van der Waals surface area contributed by atoms with Crippen molar-refractivity contribution in [3.05, 3.63) is 0 Å². The first-order valence-corrected chi connectivity index (χ1v) is 6.55. The van der Waals surface area contributed by atoms with Crippen LogP contribution in [0.15, 0.2) is 0 Å². The summed E-state index contributed by atoms with van der Waals surface area (Å²) in [5.41, 5.74) is 5.82. The fourth-order valence-electron chi connectivity index (χ4n) is 2.47. The van der Waals surface area contributed by atoms with Crippen molar-refractivity contribution in [2.45, 2.75) is 64.5 Å². The van der Waals surface area contributed by atoms with E-state index in [1.165, 1.54) is 12.8 Å². The molecule has 1 saturated carbocycles. The second-order valence-electron chi connectivity index (χ2n) is 5.30. The highest BCUT2D eigenvalue weighted by molar-refractivity contribution is 5.76. The van der Waals surface area contributed by atoms with E-state index < -0.39 is 0 Å². The standard InChI is InChI=1S/C13H26N2O/c1-4-11(14)9-13(16)15(3)12-7-5-6-10(2)8-12/h10-12H,4-9,14H2,1-3H3. The van der Waals surface area contributed by atoms with Crippen LogP contribution in [0.5, 0.6) is 0 Å². The normalized spacial score (nSPS) is 27.5. The van der Waals surface area contributed by atoms with E-state index in [0.29, 0.717) is 12.5 Å². The third-order valence-corrected chi connectivity index (χ3v) is 3.81. The predicted octanol–water partition coefficient (Wildman–Crippen LogP) is 2.15. The third kappa shape index (κ3) is 3.78. The highest BCUT2D eigenvalue weighted by atomic mass is 16.2. The molecule has 1 fully saturated rings. The van der Waals surface area contributed by atoms with Gasteiger partial charge in [0.05, 0.1) is 0 Å².